The van der Waals surface area contributed by atoms with Gasteiger partial charge < -0.3 is 14.8 Å². The number of nitrogens with one attached hydrogen (secondary N) is 1. The van der Waals surface area contributed by atoms with Crippen molar-refractivity contribution in [2.75, 3.05) is 5.32 Å². The van der Waals surface area contributed by atoms with Gasteiger partial charge in [0.1, 0.15) is 5.76 Å². The van der Waals surface area contributed by atoms with Crippen molar-refractivity contribution in [2.45, 2.75) is 6.92 Å². The maximum Gasteiger partial charge on any atom is 0.337 e. The molecule has 19 heavy (non-hydrogen) atoms. The van der Waals surface area contributed by atoms with Gasteiger partial charge in [-0.3, -0.25) is 4.79 Å². The third kappa shape index (κ3) is 3.03. The number of aromatic carboxylic acids is 1. The largest absolute Gasteiger partial charge is 0.478 e. The number of benzene rings is 1. The van der Waals surface area contributed by atoms with Gasteiger partial charge in [0, 0.05) is 4.47 Å². The molecule has 6 heteroatoms. The predicted octanol–water partition coefficient (Wildman–Crippen LogP) is 3.30. The fraction of sp³-hybridized carbons (Fsp3) is 0.0769. The molecule has 2 rings (SSSR count). The number of carboxylic acids is 1. The van der Waals surface area contributed by atoms with E-state index in [1.807, 2.05) is 0 Å². The molecule has 1 aromatic heterocycles. The summed E-state index contributed by atoms with van der Waals surface area (Å²) in [4.78, 5) is 23.0. The number of hydrogen-bond donors (Lipinski definition) is 2. The van der Waals surface area contributed by atoms with Gasteiger partial charge in [0.15, 0.2) is 5.76 Å². The molecule has 2 aromatic rings. The summed E-state index contributed by atoms with van der Waals surface area (Å²) in [6, 6.07) is 7.78. The van der Waals surface area contributed by atoms with Crippen LogP contribution in [0.25, 0.3) is 0 Å². The molecule has 98 valence electrons. The molecule has 0 spiro atoms. The molecule has 0 fully saturated rings. The van der Waals surface area contributed by atoms with E-state index in [0.717, 1.165) is 0 Å². The number of amides is 1. The molecule has 0 saturated carbocycles. The highest BCUT2D eigenvalue weighted by Crippen LogP contribution is 2.22. The van der Waals surface area contributed by atoms with Gasteiger partial charge in [-0.1, -0.05) is 15.9 Å². The van der Waals surface area contributed by atoms with Crippen LogP contribution in [0.15, 0.2) is 39.2 Å². The molecule has 0 unspecified atom stereocenters. The van der Waals surface area contributed by atoms with E-state index in [1.165, 1.54) is 18.2 Å². The van der Waals surface area contributed by atoms with Crippen molar-refractivity contribution < 1.29 is 19.1 Å². The first-order valence-electron chi connectivity index (χ1n) is 5.38. The highest BCUT2D eigenvalue weighted by molar-refractivity contribution is 9.10. The summed E-state index contributed by atoms with van der Waals surface area (Å²) in [7, 11) is 0. The summed E-state index contributed by atoms with van der Waals surface area (Å²) in [5.41, 5.74) is 0.223. The lowest BCUT2D eigenvalue weighted by Gasteiger charge is -2.07. The van der Waals surface area contributed by atoms with E-state index in [0.29, 0.717) is 10.2 Å². The smallest absolute Gasteiger partial charge is 0.337 e. The molecule has 0 aliphatic rings. The second-order valence-electron chi connectivity index (χ2n) is 3.86. The van der Waals surface area contributed by atoms with Crippen LogP contribution in [-0.4, -0.2) is 17.0 Å². The van der Waals surface area contributed by atoms with Gasteiger partial charge in [0.05, 0.1) is 11.3 Å². The van der Waals surface area contributed by atoms with Crippen molar-refractivity contribution in [2.24, 2.45) is 0 Å². The molecule has 2 N–H and O–H groups in total. The summed E-state index contributed by atoms with van der Waals surface area (Å²) >= 11 is 3.18. The van der Waals surface area contributed by atoms with Crippen LogP contribution in [0.4, 0.5) is 5.69 Å². The average Bonchev–Trinajstić information content (AvgIpc) is 2.78. The summed E-state index contributed by atoms with van der Waals surface area (Å²) in [5, 5.41) is 11.6. The quantitative estimate of drug-likeness (QED) is 0.908. The fourth-order valence-corrected chi connectivity index (χ4v) is 1.90. The van der Waals surface area contributed by atoms with Crippen LogP contribution in [0.1, 0.15) is 26.7 Å². The Bertz CT molecular complexity index is 648. The first kappa shape index (κ1) is 13.4. The SMILES string of the molecule is Cc1ccc(C(=O)Nc2ccc(Br)cc2C(=O)O)o1. The molecule has 1 aromatic carbocycles. The number of rotatable bonds is 3. The lowest BCUT2D eigenvalue weighted by Crippen LogP contribution is -2.14. The Hall–Kier alpha value is -2.08. The minimum atomic E-state index is -1.12. The Morgan fingerprint density at radius 1 is 1.26 bits per heavy atom. The Kier molecular flexibility index (Phi) is 3.71. The van der Waals surface area contributed by atoms with Gasteiger partial charge in [-0.05, 0) is 37.3 Å². The molecule has 5 nitrogen and oxygen atoms in total. The Balaban J connectivity index is 2.28. The maximum absolute atomic E-state index is 11.9. The molecule has 1 heterocycles. The van der Waals surface area contributed by atoms with E-state index in [4.69, 9.17) is 9.52 Å². The molecule has 0 aliphatic heterocycles. The number of carbonyl (C=O) groups is 2. The minimum Gasteiger partial charge on any atom is -0.478 e. The van der Waals surface area contributed by atoms with Crippen LogP contribution in [-0.2, 0) is 0 Å². The van der Waals surface area contributed by atoms with Crippen molar-refractivity contribution in [1.29, 1.82) is 0 Å². The van der Waals surface area contributed by atoms with Gasteiger partial charge in [-0.2, -0.15) is 0 Å². The van der Waals surface area contributed by atoms with Crippen molar-refractivity contribution in [1.82, 2.24) is 0 Å². The zero-order chi connectivity index (χ0) is 14.0. The summed E-state index contributed by atoms with van der Waals surface area (Å²) in [6.45, 7) is 1.72. The lowest BCUT2D eigenvalue weighted by atomic mass is 10.2. The summed E-state index contributed by atoms with van der Waals surface area (Å²) < 4.78 is 5.79. The van der Waals surface area contributed by atoms with E-state index < -0.39 is 11.9 Å². The van der Waals surface area contributed by atoms with Crippen molar-refractivity contribution in [3.8, 4) is 0 Å². The van der Waals surface area contributed by atoms with Crippen LogP contribution in [0.3, 0.4) is 0 Å². The monoisotopic (exact) mass is 323 g/mol. The average molecular weight is 324 g/mol. The molecule has 0 atom stereocenters. The van der Waals surface area contributed by atoms with Crippen LogP contribution in [0.2, 0.25) is 0 Å². The number of halogens is 1. The first-order chi connectivity index (χ1) is 8.97. The number of carboxylic acid groups (broad SMARTS) is 1. The van der Waals surface area contributed by atoms with Crippen molar-refractivity contribution in [3.05, 3.63) is 51.9 Å². The lowest BCUT2D eigenvalue weighted by molar-refractivity contribution is 0.0698. The summed E-state index contributed by atoms with van der Waals surface area (Å²) in [5.74, 6) is -0.860. The van der Waals surface area contributed by atoms with Gasteiger partial charge in [-0.15, -0.1) is 0 Å². The normalized spacial score (nSPS) is 10.2. The number of anilines is 1. The Labute approximate surface area is 117 Å². The number of aryl methyl sites for hydroxylation is 1. The van der Waals surface area contributed by atoms with Crippen LogP contribution < -0.4 is 5.32 Å². The highest BCUT2D eigenvalue weighted by Gasteiger charge is 2.15. The minimum absolute atomic E-state index is 0.00556. The molecular weight excluding hydrogens is 314 g/mol. The topological polar surface area (TPSA) is 79.5 Å². The van der Waals surface area contributed by atoms with Gasteiger partial charge in [0.25, 0.3) is 5.91 Å². The first-order valence-corrected chi connectivity index (χ1v) is 6.17. The van der Waals surface area contributed by atoms with Gasteiger partial charge in [0.2, 0.25) is 0 Å². The van der Waals surface area contributed by atoms with E-state index in [1.54, 1.807) is 19.1 Å². The summed E-state index contributed by atoms with van der Waals surface area (Å²) in [6.07, 6.45) is 0. The Morgan fingerprint density at radius 2 is 2.00 bits per heavy atom. The third-order valence-electron chi connectivity index (χ3n) is 2.42. The van der Waals surface area contributed by atoms with E-state index in [2.05, 4.69) is 21.2 Å². The maximum atomic E-state index is 11.9. The van der Waals surface area contributed by atoms with Crippen molar-refractivity contribution in [3.63, 3.8) is 0 Å². The zero-order valence-electron chi connectivity index (χ0n) is 9.94. The molecule has 0 radical (unpaired) electrons. The number of hydrogen-bond acceptors (Lipinski definition) is 3. The fourth-order valence-electron chi connectivity index (χ4n) is 1.54. The van der Waals surface area contributed by atoms with Crippen LogP contribution in [0, 0.1) is 6.92 Å². The van der Waals surface area contributed by atoms with E-state index in [-0.39, 0.29) is 17.0 Å². The van der Waals surface area contributed by atoms with E-state index >= 15 is 0 Å². The van der Waals surface area contributed by atoms with Crippen LogP contribution >= 0.6 is 15.9 Å². The predicted molar refractivity (Wildman–Crippen MR) is 72.5 cm³/mol. The molecular formula is C13H10BrNO4. The van der Waals surface area contributed by atoms with E-state index in [9.17, 15) is 9.59 Å². The second-order valence-corrected chi connectivity index (χ2v) is 4.78. The van der Waals surface area contributed by atoms with Gasteiger partial charge >= 0.3 is 5.97 Å². The molecule has 1 amide bonds. The van der Waals surface area contributed by atoms with Crippen LogP contribution in [0.5, 0.6) is 0 Å². The zero-order valence-corrected chi connectivity index (χ0v) is 11.5. The number of furan rings is 1. The Morgan fingerprint density at radius 3 is 2.58 bits per heavy atom. The second kappa shape index (κ2) is 5.27. The standard InChI is InChI=1S/C13H10BrNO4/c1-7-2-5-11(19-7)12(16)15-10-4-3-8(14)6-9(10)13(17)18/h2-6H,1H3,(H,15,16)(H,17,18). The molecule has 0 saturated heterocycles. The highest BCUT2D eigenvalue weighted by atomic mass is 79.9. The molecule has 0 bridgehead atoms. The number of carbonyl (C=O) groups excluding carboxylic acids is 1. The molecule has 0 aliphatic carbocycles. The van der Waals surface area contributed by atoms with Crippen molar-refractivity contribution >= 4 is 33.5 Å². The van der Waals surface area contributed by atoms with Gasteiger partial charge in [-0.25, -0.2) is 4.79 Å². The third-order valence-corrected chi connectivity index (χ3v) is 2.92.